The highest BCUT2D eigenvalue weighted by molar-refractivity contribution is 5.70. The smallest absolute Gasteiger partial charge is 0.361 e. The van der Waals surface area contributed by atoms with Gasteiger partial charge in [0.1, 0.15) is 0 Å². The number of carbonyl (C=O) groups excluding carboxylic acids is 1. The summed E-state index contributed by atoms with van der Waals surface area (Å²) in [5, 5.41) is 0. The van der Waals surface area contributed by atoms with Crippen LogP contribution in [0.1, 0.15) is 19.3 Å². The van der Waals surface area contributed by atoms with E-state index in [-0.39, 0.29) is 5.97 Å². The van der Waals surface area contributed by atoms with Gasteiger partial charge in [-0.05, 0) is 19.3 Å². The predicted molar refractivity (Wildman–Crippen MR) is 46.7 cm³/mol. The van der Waals surface area contributed by atoms with Gasteiger partial charge in [-0.1, -0.05) is 0 Å². The molecule has 1 aliphatic rings. The number of likely N-dealkylation sites (tertiary alicyclic amines) is 1. The minimum absolute atomic E-state index is 0.0839. The van der Waals surface area contributed by atoms with Gasteiger partial charge in [0.05, 0.1) is 27.2 Å². The van der Waals surface area contributed by atoms with E-state index >= 15 is 0 Å². The van der Waals surface area contributed by atoms with Crippen molar-refractivity contribution in [1.29, 1.82) is 0 Å². The number of quaternary nitrogens is 1. The van der Waals surface area contributed by atoms with E-state index in [0.717, 1.165) is 17.6 Å². The molecule has 0 N–H and O–H groups in total. The zero-order valence-corrected chi connectivity index (χ0v) is 8.01. The molecule has 0 bridgehead atoms. The maximum atomic E-state index is 11.0. The Balaban J connectivity index is 2.41. The largest absolute Gasteiger partial charge is 0.465 e. The molecule has 0 unspecified atom stereocenters. The average molecular weight is 172 g/mol. The molecule has 0 atom stereocenters. The third kappa shape index (κ3) is 2.48. The van der Waals surface area contributed by atoms with Crippen molar-refractivity contribution < 1.29 is 14.0 Å². The van der Waals surface area contributed by atoms with Crippen LogP contribution < -0.4 is 0 Å². The second-order valence-corrected chi connectivity index (χ2v) is 3.86. The average Bonchev–Trinajstić information content (AvgIpc) is 2.05. The van der Waals surface area contributed by atoms with Gasteiger partial charge in [0.15, 0.2) is 6.54 Å². The monoisotopic (exact) mass is 172 g/mol. The van der Waals surface area contributed by atoms with Crippen LogP contribution in [0.5, 0.6) is 0 Å². The molecular weight excluding hydrogens is 154 g/mol. The van der Waals surface area contributed by atoms with Gasteiger partial charge in [0.2, 0.25) is 0 Å². The SMILES string of the molecule is COC(=O)C[N+]1(C)CCCCC1. The molecule has 1 heterocycles. The first-order valence-electron chi connectivity index (χ1n) is 4.57. The van der Waals surface area contributed by atoms with E-state index in [1.54, 1.807) is 0 Å². The molecule has 0 amide bonds. The highest BCUT2D eigenvalue weighted by atomic mass is 16.5. The molecule has 1 saturated heterocycles. The Morgan fingerprint density at radius 2 is 1.92 bits per heavy atom. The summed E-state index contributed by atoms with van der Waals surface area (Å²) in [5.41, 5.74) is 0. The summed E-state index contributed by atoms with van der Waals surface area (Å²) in [7, 11) is 3.59. The number of methoxy groups -OCH3 is 1. The molecule has 1 fully saturated rings. The Morgan fingerprint density at radius 1 is 1.33 bits per heavy atom. The summed E-state index contributed by atoms with van der Waals surface area (Å²) in [6.45, 7) is 2.78. The molecule has 70 valence electrons. The fraction of sp³-hybridized carbons (Fsp3) is 0.889. The first kappa shape index (κ1) is 9.52. The highest BCUT2D eigenvalue weighted by Crippen LogP contribution is 2.15. The second kappa shape index (κ2) is 3.90. The number of nitrogens with zero attached hydrogens (tertiary/aromatic N) is 1. The molecule has 0 aromatic heterocycles. The molecular formula is C9H18NO2+. The molecule has 0 aliphatic carbocycles. The van der Waals surface area contributed by atoms with Crippen molar-refractivity contribution in [3.05, 3.63) is 0 Å². The third-order valence-corrected chi connectivity index (χ3v) is 2.63. The summed E-state index contributed by atoms with van der Waals surface area (Å²) >= 11 is 0. The standard InChI is InChI=1S/C9H18NO2/c1-10(8-9(11)12-2)6-4-3-5-7-10/h3-8H2,1-2H3/q+1. The Morgan fingerprint density at radius 3 is 2.42 bits per heavy atom. The summed E-state index contributed by atoms with van der Waals surface area (Å²) < 4.78 is 5.53. The highest BCUT2D eigenvalue weighted by Gasteiger charge is 2.27. The van der Waals surface area contributed by atoms with Crippen LogP contribution in [0.3, 0.4) is 0 Å². The van der Waals surface area contributed by atoms with E-state index in [4.69, 9.17) is 0 Å². The molecule has 12 heavy (non-hydrogen) atoms. The number of hydrogen-bond acceptors (Lipinski definition) is 2. The van der Waals surface area contributed by atoms with Crippen molar-refractivity contribution in [2.45, 2.75) is 19.3 Å². The van der Waals surface area contributed by atoms with Crippen molar-refractivity contribution in [1.82, 2.24) is 0 Å². The molecule has 0 spiro atoms. The number of ether oxygens (including phenoxy) is 1. The topological polar surface area (TPSA) is 26.3 Å². The van der Waals surface area contributed by atoms with Crippen molar-refractivity contribution in [2.24, 2.45) is 0 Å². The number of esters is 1. The van der Waals surface area contributed by atoms with Gasteiger partial charge in [0.25, 0.3) is 0 Å². The lowest BCUT2D eigenvalue weighted by Gasteiger charge is -2.36. The maximum absolute atomic E-state index is 11.0. The van der Waals surface area contributed by atoms with E-state index < -0.39 is 0 Å². The molecule has 0 radical (unpaired) electrons. The van der Waals surface area contributed by atoms with E-state index in [1.807, 2.05) is 0 Å². The Hall–Kier alpha value is -0.570. The minimum atomic E-state index is -0.0839. The molecule has 1 aliphatic heterocycles. The third-order valence-electron chi connectivity index (χ3n) is 2.63. The Bertz CT molecular complexity index is 162. The van der Waals surface area contributed by atoms with Gasteiger partial charge >= 0.3 is 5.97 Å². The van der Waals surface area contributed by atoms with Gasteiger partial charge < -0.3 is 9.22 Å². The number of hydrogen-bond donors (Lipinski definition) is 0. The normalized spacial score (nSPS) is 21.8. The molecule has 3 heteroatoms. The van der Waals surface area contributed by atoms with Crippen LogP contribution in [0.4, 0.5) is 0 Å². The summed E-state index contributed by atoms with van der Waals surface area (Å²) in [5.74, 6) is -0.0839. The van der Waals surface area contributed by atoms with Gasteiger partial charge in [-0.25, -0.2) is 4.79 Å². The number of likely N-dealkylation sites (N-methyl/N-ethyl adjacent to an activating group) is 1. The van der Waals surface area contributed by atoms with Crippen LogP contribution in [0.2, 0.25) is 0 Å². The van der Waals surface area contributed by atoms with Gasteiger partial charge in [0, 0.05) is 0 Å². The Kier molecular flexibility index (Phi) is 3.09. The first-order valence-corrected chi connectivity index (χ1v) is 4.57. The van der Waals surface area contributed by atoms with E-state index in [1.165, 1.54) is 26.4 Å². The lowest BCUT2D eigenvalue weighted by molar-refractivity contribution is -0.907. The molecule has 0 saturated carbocycles. The zero-order valence-electron chi connectivity index (χ0n) is 8.01. The van der Waals surface area contributed by atoms with Gasteiger partial charge in [-0.15, -0.1) is 0 Å². The van der Waals surface area contributed by atoms with Crippen molar-refractivity contribution >= 4 is 5.97 Å². The second-order valence-electron chi connectivity index (χ2n) is 3.86. The Labute approximate surface area is 73.9 Å². The summed E-state index contributed by atoms with van der Waals surface area (Å²) in [4.78, 5) is 11.0. The quantitative estimate of drug-likeness (QED) is 0.454. The van der Waals surface area contributed by atoms with Crippen molar-refractivity contribution in [2.75, 3.05) is 33.8 Å². The fourth-order valence-corrected chi connectivity index (χ4v) is 1.81. The predicted octanol–water partition coefficient (Wildman–Crippen LogP) is 0.790. The fourth-order valence-electron chi connectivity index (χ4n) is 1.81. The van der Waals surface area contributed by atoms with E-state index in [2.05, 4.69) is 11.8 Å². The minimum Gasteiger partial charge on any atom is -0.465 e. The first-order chi connectivity index (χ1) is 5.66. The molecule has 3 nitrogen and oxygen atoms in total. The molecule has 0 aromatic carbocycles. The van der Waals surface area contributed by atoms with Crippen LogP contribution in [0.25, 0.3) is 0 Å². The van der Waals surface area contributed by atoms with Crippen molar-refractivity contribution in [3.63, 3.8) is 0 Å². The van der Waals surface area contributed by atoms with E-state index in [9.17, 15) is 4.79 Å². The molecule has 1 rings (SSSR count). The van der Waals surface area contributed by atoms with Crippen LogP contribution >= 0.6 is 0 Å². The van der Waals surface area contributed by atoms with Crippen LogP contribution in [-0.4, -0.2) is 44.2 Å². The number of rotatable bonds is 2. The molecule has 0 aromatic rings. The van der Waals surface area contributed by atoms with Crippen molar-refractivity contribution in [3.8, 4) is 0 Å². The van der Waals surface area contributed by atoms with Crippen LogP contribution in [0.15, 0.2) is 0 Å². The summed E-state index contributed by atoms with van der Waals surface area (Å²) in [6, 6.07) is 0. The maximum Gasteiger partial charge on any atom is 0.361 e. The summed E-state index contributed by atoms with van der Waals surface area (Å²) in [6.07, 6.45) is 3.80. The van der Waals surface area contributed by atoms with E-state index in [0.29, 0.717) is 6.54 Å². The lowest BCUT2D eigenvalue weighted by Crippen LogP contribution is -2.51. The number of piperidine rings is 1. The van der Waals surface area contributed by atoms with Crippen LogP contribution in [0, 0.1) is 0 Å². The van der Waals surface area contributed by atoms with Gasteiger partial charge in [-0.2, -0.15) is 0 Å². The van der Waals surface area contributed by atoms with Crippen LogP contribution in [-0.2, 0) is 9.53 Å². The number of carbonyl (C=O) groups is 1. The lowest BCUT2D eigenvalue weighted by atomic mass is 10.1. The van der Waals surface area contributed by atoms with Gasteiger partial charge in [-0.3, -0.25) is 0 Å². The zero-order chi connectivity index (χ0) is 9.03.